The van der Waals surface area contributed by atoms with Crippen LogP contribution in [0.2, 0.25) is 0 Å². The van der Waals surface area contributed by atoms with Crippen LogP contribution in [0.4, 0.5) is 0 Å². The first-order valence-electron chi connectivity index (χ1n) is 4.21. The number of aliphatic imine (C=N–C) groups is 1. The van der Waals surface area contributed by atoms with E-state index in [-0.39, 0.29) is 0 Å². The van der Waals surface area contributed by atoms with Crippen LogP contribution in [-0.2, 0) is 4.74 Å². The minimum Gasteiger partial charge on any atom is -0.375 e. The van der Waals surface area contributed by atoms with E-state index in [1.54, 1.807) is 0 Å². The maximum Gasteiger partial charge on any atom is 0.121 e. The van der Waals surface area contributed by atoms with Gasteiger partial charge < -0.3 is 4.74 Å². The molecule has 2 heterocycles. The molecule has 0 amide bonds. The van der Waals surface area contributed by atoms with Gasteiger partial charge >= 0.3 is 0 Å². The van der Waals surface area contributed by atoms with Crippen LogP contribution in [0.15, 0.2) is 4.99 Å². The van der Waals surface area contributed by atoms with Crippen LogP contribution in [0.1, 0.15) is 19.3 Å². The van der Waals surface area contributed by atoms with Crippen LogP contribution in [0, 0.1) is 0 Å². The van der Waals surface area contributed by atoms with Crippen molar-refractivity contribution in [1.29, 1.82) is 0 Å². The Bertz CT molecular complexity index is 154. The van der Waals surface area contributed by atoms with Gasteiger partial charge in [-0.3, -0.25) is 4.99 Å². The lowest BCUT2D eigenvalue weighted by Gasteiger charge is -2.25. The van der Waals surface area contributed by atoms with E-state index in [2.05, 4.69) is 4.99 Å². The fraction of sp³-hybridized carbons (Fsp3) is 0.875. The van der Waals surface area contributed by atoms with Crippen LogP contribution in [0.5, 0.6) is 0 Å². The Labute approximate surface area is 71.4 Å². The zero-order valence-electron chi connectivity index (χ0n) is 6.53. The van der Waals surface area contributed by atoms with Gasteiger partial charge in [-0.25, -0.2) is 0 Å². The van der Waals surface area contributed by atoms with Crippen molar-refractivity contribution in [3.05, 3.63) is 0 Å². The van der Waals surface area contributed by atoms with Gasteiger partial charge in [0.15, 0.2) is 0 Å². The van der Waals surface area contributed by atoms with Crippen molar-refractivity contribution in [1.82, 2.24) is 0 Å². The maximum absolute atomic E-state index is 5.63. The summed E-state index contributed by atoms with van der Waals surface area (Å²) in [6.07, 6.45) is 6.17. The Balaban J connectivity index is 1.87. The molecule has 62 valence electrons. The normalized spacial score (nSPS) is 37.8. The third kappa shape index (κ3) is 1.76. The van der Waals surface area contributed by atoms with E-state index >= 15 is 0 Å². The first kappa shape index (κ1) is 7.62. The highest BCUT2D eigenvalue weighted by Gasteiger charge is 2.25. The van der Waals surface area contributed by atoms with Gasteiger partial charge in [0.05, 0.1) is 6.10 Å². The molecule has 2 rings (SSSR count). The molecule has 2 aliphatic heterocycles. The first-order chi connectivity index (χ1) is 5.47. The van der Waals surface area contributed by atoms with Gasteiger partial charge in [-0.15, -0.1) is 11.8 Å². The zero-order valence-corrected chi connectivity index (χ0v) is 7.35. The van der Waals surface area contributed by atoms with Crippen LogP contribution in [-0.4, -0.2) is 30.1 Å². The van der Waals surface area contributed by atoms with E-state index in [0.29, 0.717) is 11.5 Å². The molecule has 0 bridgehead atoms. The molecule has 2 unspecified atom stereocenters. The Morgan fingerprint density at radius 2 is 2.45 bits per heavy atom. The maximum atomic E-state index is 5.63. The quantitative estimate of drug-likeness (QED) is 0.599. The summed E-state index contributed by atoms with van der Waals surface area (Å²) in [5.74, 6) is 1.07. The second-order valence-corrected chi connectivity index (χ2v) is 4.11. The van der Waals surface area contributed by atoms with E-state index in [1.807, 2.05) is 18.0 Å². The van der Waals surface area contributed by atoms with Gasteiger partial charge in [0, 0.05) is 18.6 Å². The SMILES string of the molecule is C1=NC(C2CCCCO2)SC1. The third-order valence-corrected chi connectivity index (χ3v) is 3.24. The Morgan fingerprint density at radius 3 is 3.09 bits per heavy atom. The monoisotopic (exact) mass is 171 g/mol. The summed E-state index contributed by atoms with van der Waals surface area (Å²) < 4.78 is 5.63. The lowest BCUT2D eigenvalue weighted by Crippen LogP contribution is -2.27. The summed E-state index contributed by atoms with van der Waals surface area (Å²) in [6.45, 7) is 0.942. The molecule has 2 atom stereocenters. The van der Waals surface area contributed by atoms with Crippen LogP contribution in [0.3, 0.4) is 0 Å². The van der Waals surface area contributed by atoms with Gasteiger partial charge in [0.2, 0.25) is 0 Å². The number of rotatable bonds is 1. The predicted molar refractivity (Wildman–Crippen MR) is 48.3 cm³/mol. The van der Waals surface area contributed by atoms with Crippen molar-refractivity contribution in [3.8, 4) is 0 Å². The molecular formula is C8H13NOS. The summed E-state index contributed by atoms with van der Waals surface area (Å²) in [6, 6.07) is 0. The van der Waals surface area contributed by atoms with Crippen molar-refractivity contribution in [3.63, 3.8) is 0 Å². The summed E-state index contributed by atoms with van der Waals surface area (Å²) >= 11 is 1.90. The molecule has 0 N–H and O–H groups in total. The summed E-state index contributed by atoms with van der Waals surface area (Å²) in [7, 11) is 0. The molecular weight excluding hydrogens is 158 g/mol. The highest BCUT2D eigenvalue weighted by atomic mass is 32.2. The van der Waals surface area contributed by atoms with Gasteiger partial charge in [-0.2, -0.15) is 0 Å². The highest BCUT2D eigenvalue weighted by molar-refractivity contribution is 8.00. The Morgan fingerprint density at radius 1 is 1.45 bits per heavy atom. The highest BCUT2D eigenvalue weighted by Crippen LogP contribution is 2.27. The van der Waals surface area contributed by atoms with Crippen molar-refractivity contribution >= 4 is 18.0 Å². The lowest BCUT2D eigenvalue weighted by molar-refractivity contribution is 0.0169. The number of hydrogen-bond donors (Lipinski definition) is 0. The largest absolute Gasteiger partial charge is 0.375 e. The minimum absolute atomic E-state index is 0.410. The minimum atomic E-state index is 0.410. The average Bonchev–Trinajstić information content (AvgIpc) is 2.58. The van der Waals surface area contributed by atoms with E-state index in [1.165, 1.54) is 19.3 Å². The number of thioether (sulfide) groups is 1. The predicted octanol–water partition coefficient (Wildman–Crippen LogP) is 1.70. The van der Waals surface area contributed by atoms with E-state index in [9.17, 15) is 0 Å². The molecule has 0 aliphatic carbocycles. The number of nitrogens with zero attached hydrogens (tertiary/aromatic N) is 1. The fourth-order valence-electron chi connectivity index (χ4n) is 1.53. The van der Waals surface area contributed by atoms with Crippen molar-refractivity contribution < 1.29 is 4.74 Å². The molecule has 0 aromatic rings. The molecule has 1 fully saturated rings. The van der Waals surface area contributed by atoms with Crippen LogP contribution >= 0.6 is 11.8 Å². The smallest absolute Gasteiger partial charge is 0.121 e. The van der Waals surface area contributed by atoms with Gasteiger partial charge in [-0.05, 0) is 19.3 Å². The lowest BCUT2D eigenvalue weighted by atomic mass is 10.1. The summed E-state index contributed by atoms with van der Waals surface area (Å²) in [5, 5.41) is 0.412. The molecule has 1 saturated heterocycles. The molecule has 3 heteroatoms. The fourth-order valence-corrected chi connectivity index (χ4v) is 2.50. The molecule has 11 heavy (non-hydrogen) atoms. The standard InChI is InChI=1S/C8H13NOS/c1-2-5-10-7(3-1)8-9-4-6-11-8/h4,7-8H,1-3,5-6H2. The van der Waals surface area contributed by atoms with E-state index < -0.39 is 0 Å². The van der Waals surface area contributed by atoms with Crippen LogP contribution in [0.25, 0.3) is 0 Å². The van der Waals surface area contributed by atoms with E-state index in [4.69, 9.17) is 4.74 Å². The summed E-state index contributed by atoms with van der Waals surface area (Å²) in [4.78, 5) is 4.37. The van der Waals surface area contributed by atoms with E-state index in [0.717, 1.165) is 12.4 Å². The number of hydrogen-bond acceptors (Lipinski definition) is 3. The topological polar surface area (TPSA) is 21.6 Å². The summed E-state index contributed by atoms with van der Waals surface area (Å²) in [5.41, 5.74) is 0. The Hall–Kier alpha value is -0.0200. The van der Waals surface area contributed by atoms with Crippen LogP contribution < -0.4 is 0 Å². The van der Waals surface area contributed by atoms with Crippen molar-refractivity contribution in [2.75, 3.05) is 12.4 Å². The molecule has 0 saturated carbocycles. The van der Waals surface area contributed by atoms with Gasteiger partial charge in [-0.1, -0.05) is 0 Å². The molecule has 0 radical (unpaired) electrons. The van der Waals surface area contributed by atoms with Gasteiger partial charge in [0.1, 0.15) is 5.37 Å². The zero-order chi connectivity index (χ0) is 7.52. The second-order valence-electron chi connectivity index (χ2n) is 2.96. The van der Waals surface area contributed by atoms with Crippen molar-refractivity contribution in [2.24, 2.45) is 4.99 Å². The average molecular weight is 171 g/mol. The molecule has 0 spiro atoms. The molecule has 2 aliphatic rings. The molecule has 0 aromatic heterocycles. The first-order valence-corrected chi connectivity index (χ1v) is 5.26. The molecule has 0 aromatic carbocycles. The third-order valence-electron chi connectivity index (χ3n) is 2.13. The molecule has 2 nitrogen and oxygen atoms in total. The Kier molecular flexibility index (Phi) is 2.48. The number of ether oxygens (including phenoxy) is 1. The second kappa shape index (κ2) is 3.59. The van der Waals surface area contributed by atoms with Gasteiger partial charge in [0.25, 0.3) is 0 Å². The van der Waals surface area contributed by atoms with Crippen molar-refractivity contribution in [2.45, 2.75) is 30.7 Å².